The summed E-state index contributed by atoms with van der Waals surface area (Å²) < 4.78 is 15.5. The number of ether oxygens (including phenoxy) is 3. The highest BCUT2D eigenvalue weighted by atomic mass is 16.6. The molecule has 1 saturated heterocycles. The van der Waals surface area contributed by atoms with Gasteiger partial charge < -0.3 is 24.4 Å². The molecular formula is C20H30N2O6. The van der Waals surface area contributed by atoms with E-state index in [-0.39, 0.29) is 19.7 Å². The molecule has 8 heteroatoms. The fourth-order valence-corrected chi connectivity index (χ4v) is 3.15. The SMILES string of the molecule is COC(=O)[C@@H]1CC(NC(=O)OCC2=CCCC=C2)CN(C(=O)OC(C)(C)C)C1. The molecule has 2 aliphatic rings. The van der Waals surface area contributed by atoms with Gasteiger partial charge in [0.1, 0.15) is 12.2 Å². The first-order valence-corrected chi connectivity index (χ1v) is 9.52. The Bertz CT molecular complexity index is 650. The molecule has 8 nitrogen and oxygen atoms in total. The van der Waals surface area contributed by atoms with Crippen LogP contribution in [0.2, 0.25) is 0 Å². The van der Waals surface area contributed by atoms with Crippen LogP contribution in [0.4, 0.5) is 9.59 Å². The van der Waals surface area contributed by atoms with Gasteiger partial charge in [-0.25, -0.2) is 9.59 Å². The highest BCUT2D eigenvalue weighted by molar-refractivity contribution is 5.75. The van der Waals surface area contributed by atoms with E-state index in [4.69, 9.17) is 14.2 Å². The molecule has 0 aromatic heterocycles. The molecule has 2 rings (SSSR count). The van der Waals surface area contributed by atoms with Crippen LogP contribution in [0.5, 0.6) is 0 Å². The predicted octanol–water partition coefficient (Wildman–Crippen LogP) is 2.79. The minimum atomic E-state index is -0.654. The molecule has 1 aliphatic carbocycles. The van der Waals surface area contributed by atoms with Gasteiger partial charge in [-0.05, 0) is 45.6 Å². The fourth-order valence-electron chi connectivity index (χ4n) is 3.15. The minimum Gasteiger partial charge on any atom is -0.469 e. The zero-order valence-electron chi connectivity index (χ0n) is 17.0. The maximum atomic E-state index is 12.4. The second kappa shape index (κ2) is 9.61. The van der Waals surface area contributed by atoms with Crippen molar-refractivity contribution in [3.63, 3.8) is 0 Å². The molecule has 1 heterocycles. The summed E-state index contributed by atoms with van der Waals surface area (Å²) in [4.78, 5) is 38.0. The van der Waals surface area contributed by atoms with Crippen molar-refractivity contribution in [3.05, 3.63) is 23.8 Å². The van der Waals surface area contributed by atoms with E-state index in [1.807, 2.05) is 18.2 Å². The molecule has 156 valence electrons. The van der Waals surface area contributed by atoms with E-state index >= 15 is 0 Å². The summed E-state index contributed by atoms with van der Waals surface area (Å²) in [5.74, 6) is -0.966. The molecule has 0 saturated carbocycles. The number of amides is 2. The Labute approximate surface area is 165 Å². The van der Waals surface area contributed by atoms with Crippen molar-refractivity contribution in [2.75, 3.05) is 26.8 Å². The van der Waals surface area contributed by atoms with E-state index in [9.17, 15) is 14.4 Å². The Hall–Kier alpha value is -2.51. The molecule has 0 spiro atoms. The van der Waals surface area contributed by atoms with Crippen molar-refractivity contribution < 1.29 is 28.6 Å². The standard InChI is InChI=1S/C20H30N2O6/c1-20(2,3)28-19(25)22-11-15(17(23)26-4)10-16(12-22)21-18(24)27-13-14-8-6-5-7-9-14/h6,8-9,15-16H,5,7,10-13H2,1-4H3,(H,21,24)/t15-,16?/m1/s1. The molecule has 28 heavy (non-hydrogen) atoms. The van der Waals surface area contributed by atoms with Gasteiger partial charge in [0, 0.05) is 13.1 Å². The fraction of sp³-hybridized carbons (Fsp3) is 0.650. The van der Waals surface area contributed by atoms with Crippen molar-refractivity contribution in [1.82, 2.24) is 10.2 Å². The molecule has 1 fully saturated rings. The minimum absolute atomic E-state index is 0.186. The maximum absolute atomic E-state index is 12.4. The molecule has 0 radical (unpaired) electrons. The summed E-state index contributed by atoms with van der Waals surface area (Å²) in [5, 5.41) is 2.75. The summed E-state index contributed by atoms with van der Waals surface area (Å²) in [7, 11) is 1.30. The van der Waals surface area contributed by atoms with Gasteiger partial charge in [0.25, 0.3) is 0 Å². The van der Waals surface area contributed by atoms with Crippen molar-refractivity contribution in [1.29, 1.82) is 0 Å². The van der Waals surface area contributed by atoms with Gasteiger partial charge >= 0.3 is 18.2 Å². The monoisotopic (exact) mass is 394 g/mol. The molecule has 0 bridgehead atoms. The third-order valence-corrected chi connectivity index (χ3v) is 4.40. The molecule has 2 atom stereocenters. The first-order valence-electron chi connectivity index (χ1n) is 9.52. The number of likely N-dealkylation sites (tertiary alicyclic amines) is 1. The molecule has 1 N–H and O–H groups in total. The van der Waals surface area contributed by atoms with Gasteiger partial charge in [0.05, 0.1) is 19.1 Å². The second-order valence-electron chi connectivity index (χ2n) is 8.02. The van der Waals surface area contributed by atoms with Crippen molar-refractivity contribution in [2.45, 2.75) is 51.7 Å². The van der Waals surface area contributed by atoms with E-state index < -0.39 is 35.7 Å². The average Bonchev–Trinajstić information content (AvgIpc) is 2.65. The lowest BCUT2D eigenvalue weighted by molar-refractivity contribution is -0.147. The highest BCUT2D eigenvalue weighted by Crippen LogP contribution is 2.21. The van der Waals surface area contributed by atoms with E-state index in [2.05, 4.69) is 5.32 Å². The largest absolute Gasteiger partial charge is 0.469 e. The van der Waals surface area contributed by atoms with Crippen LogP contribution in [0.15, 0.2) is 23.8 Å². The van der Waals surface area contributed by atoms with Gasteiger partial charge in [-0.15, -0.1) is 0 Å². The average molecular weight is 394 g/mol. The van der Waals surface area contributed by atoms with E-state index in [1.54, 1.807) is 20.8 Å². The maximum Gasteiger partial charge on any atom is 0.410 e. The number of methoxy groups -OCH3 is 1. The second-order valence-corrected chi connectivity index (χ2v) is 8.02. The quantitative estimate of drug-likeness (QED) is 0.582. The van der Waals surface area contributed by atoms with E-state index in [0.717, 1.165) is 18.4 Å². The Balaban J connectivity index is 1.95. The van der Waals surface area contributed by atoms with Gasteiger partial charge in [-0.1, -0.05) is 18.2 Å². The number of hydrogen-bond acceptors (Lipinski definition) is 6. The molecular weight excluding hydrogens is 364 g/mol. The number of nitrogens with zero attached hydrogens (tertiary/aromatic N) is 1. The first-order chi connectivity index (χ1) is 13.2. The van der Waals surface area contributed by atoms with Gasteiger partial charge in [0.15, 0.2) is 0 Å². The Morgan fingerprint density at radius 2 is 1.96 bits per heavy atom. The third-order valence-electron chi connectivity index (χ3n) is 4.40. The van der Waals surface area contributed by atoms with Crippen molar-refractivity contribution >= 4 is 18.2 Å². The number of nitrogens with one attached hydrogen (secondary N) is 1. The van der Waals surface area contributed by atoms with Crippen LogP contribution in [0, 0.1) is 5.92 Å². The Kier molecular flexibility index (Phi) is 7.48. The predicted molar refractivity (Wildman–Crippen MR) is 103 cm³/mol. The Morgan fingerprint density at radius 1 is 1.21 bits per heavy atom. The summed E-state index contributed by atoms with van der Waals surface area (Å²) in [5.41, 5.74) is 0.297. The summed E-state index contributed by atoms with van der Waals surface area (Å²) in [6.07, 6.45) is 7.19. The lowest BCUT2D eigenvalue weighted by Gasteiger charge is -2.37. The number of piperidine rings is 1. The smallest absolute Gasteiger partial charge is 0.410 e. The molecule has 1 unspecified atom stereocenters. The van der Waals surface area contributed by atoms with Gasteiger partial charge in [-0.2, -0.15) is 0 Å². The first kappa shape index (κ1) is 21.8. The van der Waals surface area contributed by atoms with Crippen LogP contribution in [0.1, 0.15) is 40.0 Å². The molecule has 2 amide bonds. The summed E-state index contributed by atoms with van der Waals surface area (Å²) in [6, 6.07) is -0.436. The number of rotatable bonds is 4. The third kappa shape index (κ3) is 6.90. The van der Waals surface area contributed by atoms with E-state index in [1.165, 1.54) is 12.0 Å². The zero-order valence-corrected chi connectivity index (χ0v) is 17.0. The van der Waals surface area contributed by atoms with E-state index in [0.29, 0.717) is 6.42 Å². The van der Waals surface area contributed by atoms with Crippen molar-refractivity contribution in [2.24, 2.45) is 5.92 Å². The zero-order chi connectivity index (χ0) is 20.7. The molecule has 0 aromatic rings. The number of allylic oxidation sites excluding steroid dienone is 2. The van der Waals surface area contributed by atoms with Crippen molar-refractivity contribution in [3.8, 4) is 0 Å². The Morgan fingerprint density at radius 3 is 2.57 bits per heavy atom. The summed E-state index contributed by atoms with van der Waals surface area (Å²) >= 11 is 0. The van der Waals surface area contributed by atoms with Crippen LogP contribution in [-0.2, 0) is 19.0 Å². The number of carbonyl (C=O) groups excluding carboxylic acids is 3. The number of esters is 1. The van der Waals surface area contributed by atoms with Crippen LogP contribution >= 0.6 is 0 Å². The normalized spacial score (nSPS) is 22.1. The number of carbonyl (C=O) groups is 3. The lowest BCUT2D eigenvalue weighted by atomic mass is 9.94. The van der Waals surface area contributed by atoms with Crippen LogP contribution in [0.25, 0.3) is 0 Å². The number of alkyl carbamates (subject to hydrolysis) is 1. The van der Waals surface area contributed by atoms with Gasteiger partial charge in [-0.3, -0.25) is 4.79 Å². The molecule has 0 aromatic carbocycles. The van der Waals surface area contributed by atoms with Gasteiger partial charge in [0.2, 0.25) is 0 Å². The highest BCUT2D eigenvalue weighted by Gasteiger charge is 2.37. The van der Waals surface area contributed by atoms with Crippen LogP contribution in [0.3, 0.4) is 0 Å². The van der Waals surface area contributed by atoms with Crippen LogP contribution in [-0.4, -0.2) is 61.5 Å². The lowest BCUT2D eigenvalue weighted by Crippen LogP contribution is -2.55. The number of hydrogen-bond donors (Lipinski definition) is 1. The van der Waals surface area contributed by atoms with Crippen LogP contribution < -0.4 is 5.32 Å². The molecule has 1 aliphatic heterocycles. The topological polar surface area (TPSA) is 94.2 Å². The summed E-state index contributed by atoms with van der Waals surface area (Å²) in [6.45, 7) is 5.92.